The Morgan fingerprint density at radius 2 is 2.00 bits per heavy atom. The molecule has 18 heavy (non-hydrogen) atoms. The summed E-state index contributed by atoms with van der Waals surface area (Å²) in [6.07, 6.45) is 6.10. The van der Waals surface area contributed by atoms with Crippen LogP contribution in [0.4, 0.5) is 0 Å². The highest BCUT2D eigenvalue weighted by atomic mass is 15.0. The van der Waals surface area contributed by atoms with Gasteiger partial charge < -0.3 is 9.88 Å². The average Bonchev–Trinajstić information content (AvgIpc) is 2.81. The number of unbranched alkanes of at least 4 members (excludes halogenated alkanes) is 2. The van der Waals surface area contributed by atoms with Crippen molar-refractivity contribution in [3.8, 4) is 0 Å². The Labute approximate surface area is 110 Å². The molecule has 0 radical (unpaired) electrons. The van der Waals surface area contributed by atoms with Crippen molar-refractivity contribution in [2.24, 2.45) is 0 Å². The Morgan fingerprint density at radius 3 is 2.78 bits per heavy atom. The second kappa shape index (κ2) is 6.60. The van der Waals surface area contributed by atoms with Gasteiger partial charge in [0, 0.05) is 19.3 Å². The Balaban J connectivity index is 2.23. The van der Waals surface area contributed by atoms with E-state index in [1.807, 2.05) is 0 Å². The summed E-state index contributed by atoms with van der Waals surface area (Å²) < 4.78 is 2.41. The first kappa shape index (κ1) is 13.2. The van der Waals surface area contributed by atoms with Crippen LogP contribution in [0.15, 0.2) is 30.5 Å². The number of benzene rings is 1. The van der Waals surface area contributed by atoms with E-state index in [4.69, 9.17) is 0 Å². The number of aryl methyl sites for hydroxylation is 1. The van der Waals surface area contributed by atoms with Crippen molar-refractivity contribution in [3.05, 3.63) is 36.0 Å². The van der Waals surface area contributed by atoms with Gasteiger partial charge in [0.1, 0.15) is 0 Å². The third-order valence-corrected chi connectivity index (χ3v) is 3.44. The van der Waals surface area contributed by atoms with Crippen molar-refractivity contribution < 1.29 is 0 Å². The second-order valence-electron chi connectivity index (χ2n) is 4.85. The molecular weight excluding hydrogens is 220 g/mol. The molecule has 2 aromatic rings. The number of fused-ring (bicyclic) bond motifs is 1. The molecule has 98 valence electrons. The Morgan fingerprint density at radius 1 is 1.11 bits per heavy atom. The fraction of sp³-hybridized carbons (Fsp3) is 0.500. The summed E-state index contributed by atoms with van der Waals surface area (Å²) >= 11 is 0. The van der Waals surface area contributed by atoms with Crippen LogP contribution in [0.5, 0.6) is 0 Å². The van der Waals surface area contributed by atoms with Gasteiger partial charge in [-0.1, -0.05) is 44.9 Å². The van der Waals surface area contributed by atoms with Gasteiger partial charge in [-0.15, -0.1) is 0 Å². The van der Waals surface area contributed by atoms with Crippen molar-refractivity contribution >= 4 is 10.9 Å². The van der Waals surface area contributed by atoms with Gasteiger partial charge >= 0.3 is 0 Å². The molecule has 0 atom stereocenters. The number of aromatic nitrogens is 1. The molecule has 0 aliphatic carbocycles. The number of rotatable bonds is 7. The lowest BCUT2D eigenvalue weighted by Crippen LogP contribution is -2.12. The fourth-order valence-electron chi connectivity index (χ4n) is 2.46. The smallest absolute Gasteiger partial charge is 0.0525 e. The molecule has 0 unspecified atom stereocenters. The Kier molecular flexibility index (Phi) is 4.82. The van der Waals surface area contributed by atoms with Crippen LogP contribution in [0.2, 0.25) is 0 Å². The molecule has 0 aliphatic heterocycles. The van der Waals surface area contributed by atoms with Crippen LogP contribution in [0.3, 0.4) is 0 Å². The van der Waals surface area contributed by atoms with Gasteiger partial charge in [-0.25, -0.2) is 0 Å². The molecule has 0 fully saturated rings. The van der Waals surface area contributed by atoms with Crippen LogP contribution in [-0.4, -0.2) is 11.1 Å². The normalized spacial score (nSPS) is 11.2. The highest BCUT2D eigenvalue weighted by molar-refractivity contribution is 5.83. The molecule has 0 aliphatic rings. The van der Waals surface area contributed by atoms with Gasteiger partial charge in [-0.2, -0.15) is 0 Å². The minimum atomic E-state index is 0.964. The summed E-state index contributed by atoms with van der Waals surface area (Å²) in [6, 6.07) is 8.84. The molecule has 0 saturated carbocycles. The van der Waals surface area contributed by atoms with Crippen molar-refractivity contribution in [3.63, 3.8) is 0 Å². The zero-order chi connectivity index (χ0) is 12.8. The lowest BCUT2D eigenvalue weighted by Gasteiger charge is -2.10. The second-order valence-corrected chi connectivity index (χ2v) is 4.85. The molecule has 2 rings (SSSR count). The fourth-order valence-corrected chi connectivity index (χ4v) is 2.46. The van der Waals surface area contributed by atoms with Gasteiger partial charge in [0.25, 0.3) is 0 Å². The molecule has 0 spiro atoms. The largest absolute Gasteiger partial charge is 0.347 e. The number of para-hydroxylation sites is 1. The zero-order valence-electron chi connectivity index (χ0n) is 11.6. The summed E-state index contributed by atoms with van der Waals surface area (Å²) in [5.41, 5.74) is 2.82. The number of nitrogens with zero attached hydrogens (tertiary/aromatic N) is 1. The molecule has 1 aromatic heterocycles. The lowest BCUT2D eigenvalue weighted by molar-refractivity contribution is 0.614. The summed E-state index contributed by atoms with van der Waals surface area (Å²) in [5.74, 6) is 0. The van der Waals surface area contributed by atoms with Crippen LogP contribution < -0.4 is 5.32 Å². The van der Waals surface area contributed by atoms with Crippen molar-refractivity contribution in [1.82, 2.24) is 9.88 Å². The van der Waals surface area contributed by atoms with Gasteiger partial charge in [0.05, 0.1) is 5.52 Å². The Bertz CT molecular complexity index is 485. The van der Waals surface area contributed by atoms with E-state index in [0.717, 1.165) is 19.6 Å². The summed E-state index contributed by atoms with van der Waals surface area (Å²) in [4.78, 5) is 0. The monoisotopic (exact) mass is 244 g/mol. The van der Waals surface area contributed by atoms with E-state index in [1.165, 1.54) is 35.7 Å². The predicted molar refractivity (Wildman–Crippen MR) is 78.8 cm³/mol. The van der Waals surface area contributed by atoms with Crippen LogP contribution in [0, 0.1) is 0 Å². The van der Waals surface area contributed by atoms with Crippen molar-refractivity contribution in [2.45, 2.75) is 46.2 Å². The lowest BCUT2D eigenvalue weighted by atomic mass is 10.1. The zero-order valence-corrected chi connectivity index (χ0v) is 11.6. The van der Waals surface area contributed by atoms with Gasteiger partial charge in [-0.3, -0.25) is 0 Å². The van der Waals surface area contributed by atoms with Crippen LogP contribution in [-0.2, 0) is 13.1 Å². The highest BCUT2D eigenvalue weighted by Gasteiger charge is 2.05. The van der Waals surface area contributed by atoms with Crippen LogP contribution in [0.1, 0.15) is 38.7 Å². The molecule has 0 amide bonds. The van der Waals surface area contributed by atoms with Gasteiger partial charge in [0.15, 0.2) is 0 Å². The minimum Gasteiger partial charge on any atom is -0.347 e. The van der Waals surface area contributed by atoms with Gasteiger partial charge in [-0.05, 0) is 30.0 Å². The molecule has 1 heterocycles. The Hall–Kier alpha value is -1.28. The van der Waals surface area contributed by atoms with E-state index in [2.05, 4.69) is 54.2 Å². The average molecular weight is 244 g/mol. The summed E-state index contributed by atoms with van der Waals surface area (Å²) in [7, 11) is 0. The van der Waals surface area contributed by atoms with E-state index in [9.17, 15) is 0 Å². The maximum Gasteiger partial charge on any atom is 0.0525 e. The maximum atomic E-state index is 3.43. The van der Waals surface area contributed by atoms with Crippen LogP contribution >= 0.6 is 0 Å². The molecular formula is C16H24N2. The highest BCUT2D eigenvalue weighted by Crippen LogP contribution is 2.21. The molecule has 0 saturated heterocycles. The number of hydrogen-bond acceptors (Lipinski definition) is 1. The molecule has 1 aromatic carbocycles. The van der Waals surface area contributed by atoms with Gasteiger partial charge in [0.2, 0.25) is 0 Å². The van der Waals surface area contributed by atoms with E-state index < -0.39 is 0 Å². The van der Waals surface area contributed by atoms with E-state index in [-0.39, 0.29) is 0 Å². The first-order valence-electron chi connectivity index (χ1n) is 7.14. The van der Waals surface area contributed by atoms with E-state index in [1.54, 1.807) is 0 Å². The summed E-state index contributed by atoms with van der Waals surface area (Å²) in [5, 5.41) is 4.79. The van der Waals surface area contributed by atoms with Crippen molar-refractivity contribution in [1.29, 1.82) is 0 Å². The van der Waals surface area contributed by atoms with Crippen LogP contribution in [0.25, 0.3) is 10.9 Å². The summed E-state index contributed by atoms with van der Waals surface area (Å²) in [6.45, 7) is 7.53. The number of hydrogen-bond donors (Lipinski definition) is 1. The van der Waals surface area contributed by atoms with Crippen molar-refractivity contribution in [2.75, 3.05) is 6.54 Å². The predicted octanol–water partition coefficient (Wildman–Crippen LogP) is 3.94. The van der Waals surface area contributed by atoms with E-state index in [0.29, 0.717) is 0 Å². The molecule has 1 N–H and O–H groups in total. The molecule has 2 heteroatoms. The minimum absolute atomic E-state index is 0.964. The number of nitrogens with one attached hydrogen (secondary N) is 1. The van der Waals surface area contributed by atoms with E-state index >= 15 is 0 Å². The third kappa shape index (κ3) is 2.94. The first-order valence-corrected chi connectivity index (χ1v) is 7.14. The molecule has 2 nitrogen and oxygen atoms in total. The SMILES string of the molecule is CCCCCn1ccc2cccc(CNCC)c21. The maximum absolute atomic E-state index is 3.43. The third-order valence-electron chi connectivity index (χ3n) is 3.44. The first-order chi connectivity index (χ1) is 8.86. The quantitative estimate of drug-likeness (QED) is 0.730. The molecule has 0 bridgehead atoms. The standard InChI is InChI=1S/C16H24N2/c1-3-5-6-11-18-12-10-14-8-7-9-15(16(14)18)13-17-4-2/h7-10,12,17H,3-6,11,13H2,1-2H3. The topological polar surface area (TPSA) is 17.0 Å².